The molecule has 0 heterocycles. The Labute approximate surface area is 82.0 Å². The van der Waals surface area contributed by atoms with E-state index in [0.29, 0.717) is 11.9 Å². The van der Waals surface area contributed by atoms with Crippen LogP contribution in [-0.2, 0) is 11.3 Å². The number of carbonyl (C=O) groups excluding carboxylic acids is 1. The van der Waals surface area contributed by atoms with Gasteiger partial charge in [0.1, 0.15) is 25.5 Å². The second-order valence-corrected chi connectivity index (χ2v) is 2.88. The summed E-state index contributed by atoms with van der Waals surface area (Å²) >= 11 is 0. The summed E-state index contributed by atoms with van der Waals surface area (Å²) in [5.41, 5.74) is 2.40. The number of aryl methyl sites for hydroxylation is 1. The fourth-order valence-corrected chi connectivity index (χ4v) is 1.09. The molecule has 0 aliphatic rings. The second-order valence-electron chi connectivity index (χ2n) is 2.88. The fraction of sp³-hybridized carbons (Fsp3) is 0.182. The lowest BCUT2D eigenvalue weighted by molar-refractivity contribution is 0.112. The third-order valence-electron chi connectivity index (χ3n) is 1.87. The predicted octanol–water partition coefficient (Wildman–Crippen LogP) is 2.76. The van der Waals surface area contributed by atoms with Crippen LogP contribution >= 0.6 is 0 Å². The Balaban J connectivity index is 2.74. The van der Waals surface area contributed by atoms with E-state index >= 15 is 0 Å². The Hall–Kier alpha value is -1.64. The lowest BCUT2D eigenvalue weighted by atomic mass is 10.1. The number of halogens is 1. The van der Waals surface area contributed by atoms with Gasteiger partial charge in [-0.25, -0.2) is 4.39 Å². The Bertz CT molecular complexity index is 345. The number of hydrogen-bond acceptors (Lipinski definition) is 2. The molecule has 0 aliphatic carbocycles. The van der Waals surface area contributed by atoms with Gasteiger partial charge in [0.2, 0.25) is 0 Å². The summed E-state index contributed by atoms with van der Waals surface area (Å²) in [6.07, 6.45) is 2.10. The van der Waals surface area contributed by atoms with Crippen LogP contribution in [0.15, 0.2) is 30.8 Å². The third-order valence-corrected chi connectivity index (χ3v) is 1.87. The van der Waals surface area contributed by atoms with Crippen molar-refractivity contribution < 1.29 is 13.9 Å². The zero-order valence-electron chi connectivity index (χ0n) is 7.87. The summed E-state index contributed by atoms with van der Waals surface area (Å²) in [5.74, 6) is 0. The lowest BCUT2D eigenvalue weighted by Gasteiger charge is -2.03. The van der Waals surface area contributed by atoms with Gasteiger partial charge in [0.15, 0.2) is 0 Å². The van der Waals surface area contributed by atoms with Crippen molar-refractivity contribution in [3.05, 3.63) is 47.5 Å². The minimum atomic E-state index is 0.265. The molecule has 0 fully saturated rings. The van der Waals surface area contributed by atoms with E-state index in [-0.39, 0.29) is 6.61 Å². The molecule has 74 valence electrons. The molecule has 3 heteroatoms. The molecule has 14 heavy (non-hydrogen) atoms. The molecule has 0 aliphatic heterocycles. The van der Waals surface area contributed by atoms with Crippen molar-refractivity contribution in [2.24, 2.45) is 0 Å². The van der Waals surface area contributed by atoms with Crippen molar-refractivity contribution in [3.8, 4) is 0 Å². The van der Waals surface area contributed by atoms with Gasteiger partial charge in [-0.1, -0.05) is 12.1 Å². The summed E-state index contributed by atoms with van der Waals surface area (Å²) in [6.45, 7) is 2.12. The van der Waals surface area contributed by atoms with E-state index in [1.54, 1.807) is 6.07 Å². The molecule has 0 unspecified atom stereocenters. The SMILES string of the molecule is Cc1ccc(CO/C=C\F)cc1C=O. The third kappa shape index (κ3) is 2.69. The molecule has 0 saturated heterocycles. The Morgan fingerprint density at radius 1 is 1.50 bits per heavy atom. The number of hydrogen-bond donors (Lipinski definition) is 0. The maximum Gasteiger partial charge on any atom is 0.150 e. The van der Waals surface area contributed by atoms with Crippen LogP contribution < -0.4 is 0 Å². The average Bonchev–Trinajstić information content (AvgIpc) is 2.21. The second kappa shape index (κ2) is 5.17. The van der Waals surface area contributed by atoms with Crippen LogP contribution in [0.1, 0.15) is 21.5 Å². The maximum atomic E-state index is 11.5. The highest BCUT2D eigenvalue weighted by Crippen LogP contribution is 2.10. The first kappa shape index (κ1) is 10.4. The minimum Gasteiger partial charge on any atom is -0.494 e. The smallest absolute Gasteiger partial charge is 0.150 e. The van der Waals surface area contributed by atoms with Crippen molar-refractivity contribution in [2.75, 3.05) is 0 Å². The van der Waals surface area contributed by atoms with Crippen LogP contribution in [0, 0.1) is 6.92 Å². The quantitative estimate of drug-likeness (QED) is 0.544. The summed E-state index contributed by atoms with van der Waals surface area (Å²) in [7, 11) is 0. The average molecular weight is 194 g/mol. The summed E-state index contributed by atoms with van der Waals surface area (Å²) in [6, 6.07) is 5.41. The number of ether oxygens (including phenoxy) is 1. The molecule has 0 amide bonds. The van der Waals surface area contributed by atoms with E-state index < -0.39 is 0 Å². The van der Waals surface area contributed by atoms with Crippen LogP contribution in [0.4, 0.5) is 4.39 Å². The highest BCUT2D eigenvalue weighted by atomic mass is 19.1. The first-order valence-corrected chi connectivity index (χ1v) is 4.19. The topological polar surface area (TPSA) is 26.3 Å². The predicted molar refractivity (Wildman–Crippen MR) is 51.6 cm³/mol. The maximum absolute atomic E-state index is 11.5. The molecule has 1 rings (SSSR count). The highest BCUT2D eigenvalue weighted by molar-refractivity contribution is 5.77. The van der Waals surface area contributed by atoms with Gasteiger partial charge in [0.05, 0.1) is 0 Å². The normalized spacial score (nSPS) is 10.4. The summed E-state index contributed by atoms with van der Waals surface area (Å²) in [4.78, 5) is 10.6. The lowest BCUT2D eigenvalue weighted by Crippen LogP contribution is -1.91. The number of carbonyl (C=O) groups is 1. The molecule has 1 aromatic carbocycles. The van der Waals surface area contributed by atoms with Crippen LogP contribution in [0.25, 0.3) is 0 Å². The fourth-order valence-electron chi connectivity index (χ4n) is 1.09. The molecule has 0 N–H and O–H groups in total. The van der Waals surface area contributed by atoms with E-state index in [1.165, 1.54) is 0 Å². The van der Waals surface area contributed by atoms with E-state index in [1.807, 2.05) is 19.1 Å². The molecule has 1 aromatic rings. The molecule has 0 atom stereocenters. The molecule has 2 nitrogen and oxygen atoms in total. The largest absolute Gasteiger partial charge is 0.494 e. The first-order chi connectivity index (χ1) is 6.77. The highest BCUT2D eigenvalue weighted by Gasteiger charge is 1.98. The van der Waals surface area contributed by atoms with Gasteiger partial charge < -0.3 is 4.74 Å². The van der Waals surface area contributed by atoms with Crippen LogP contribution in [0.2, 0.25) is 0 Å². The molecular weight excluding hydrogens is 183 g/mol. The molecular formula is C11H11FO2. The Morgan fingerprint density at radius 2 is 2.29 bits per heavy atom. The van der Waals surface area contributed by atoms with Gasteiger partial charge in [-0.2, -0.15) is 0 Å². The van der Waals surface area contributed by atoms with E-state index in [0.717, 1.165) is 23.7 Å². The van der Waals surface area contributed by atoms with Crippen molar-refractivity contribution in [1.82, 2.24) is 0 Å². The molecule has 0 saturated carbocycles. The van der Waals surface area contributed by atoms with Crippen molar-refractivity contribution in [3.63, 3.8) is 0 Å². The number of aldehydes is 1. The van der Waals surface area contributed by atoms with Crippen LogP contribution in [0.5, 0.6) is 0 Å². The van der Waals surface area contributed by atoms with E-state index in [4.69, 9.17) is 4.74 Å². The van der Waals surface area contributed by atoms with Crippen LogP contribution in [-0.4, -0.2) is 6.29 Å². The van der Waals surface area contributed by atoms with Gasteiger partial charge in [-0.05, 0) is 24.1 Å². The standard InChI is InChI=1S/C11H11FO2/c1-9-2-3-10(6-11(9)7-13)8-14-5-4-12/h2-7H,8H2,1H3/b5-4-. The molecule has 0 radical (unpaired) electrons. The molecule has 0 bridgehead atoms. The van der Waals surface area contributed by atoms with Gasteiger partial charge in [0.25, 0.3) is 0 Å². The van der Waals surface area contributed by atoms with Crippen molar-refractivity contribution in [1.29, 1.82) is 0 Å². The van der Waals surface area contributed by atoms with E-state index in [2.05, 4.69) is 0 Å². The Morgan fingerprint density at radius 3 is 2.93 bits per heavy atom. The molecule has 0 aromatic heterocycles. The monoisotopic (exact) mass is 194 g/mol. The summed E-state index contributed by atoms with van der Waals surface area (Å²) in [5, 5.41) is 0. The first-order valence-electron chi connectivity index (χ1n) is 4.19. The summed E-state index contributed by atoms with van der Waals surface area (Å²) < 4.78 is 16.4. The zero-order chi connectivity index (χ0) is 10.4. The zero-order valence-corrected chi connectivity index (χ0v) is 7.87. The van der Waals surface area contributed by atoms with Gasteiger partial charge >= 0.3 is 0 Å². The van der Waals surface area contributed by atoms with E-state index in [9.17, 15) is 9.18 Å². The van der Waals surface area contributed by atoms with Crippen LogP contribution in [0.3, 0.4) is 0 Å². The Kier molecular flexibility index (Phi) is 3.85. The van der Waals surface area contributed by atoms with Crippen molar-refractivity contribution >= 4 is 6.29 Å². The molecule has 0 spiro atoms. The van der Waals surface area contributed by atoms with Gasteiger partial charge in [-0.15, -0.1) is 0 Å². The van der Waals surface area contributed by atoms with Gasteiger partial charge in [-0.3, -0.25) is 4.79 Å². The minimum absolute atomic E-state index is 0.265. The number of rotatable bonds is 4. The van der Waals surface area contributed by atoms with Crippen molar-refractivity contribution in [2.45, 2.75) is 13.5 Å². The number of benzene rings is 1. The van der Waals surface area contributed by atoms with Gasteiger partial charge in [0, 0.05) is 5.56 Å².